The number of rotatable bonds is 6. The van der Waals surface area contributed by atoms with Crippen molar-refractivity contribution < 1.29 is 19.4 Å². The summed E-state index contributed by atoms with van der Waals surface area (Å²) in [7, 11) is 1.66. The molecule has 148 valence electrons. The summed E-state index contributed by atoms with van der Waals surface area (Å²) in [5, 5.41) is 13.9. The van der Waals surface area contributed by atoms with Gasteiger partial charge in [0.25, 0.3) is 11.6 Å². The summed E-state index contributed by atoms with van der Waals surface area (Å²) in [5.41, 5.74) is 1.94. The van der Waals surface area contributed by atoms with Gasteiger partial charge in [0.1, 0.15) is 11.4 Å². The van der Waals surface area contributed by atoms with E-state index < -0.39 is 4.92 Å². The number of quaternary nitrogens is 1. The molecule has 1 saturated heterocycles. The van der Waals surface area contributed by atoms with Gasteiger partial charge in [0.05, 0.1) is 43.9 Å². The number of benzene rings is 2. The van der Waals surface area contributed by atoms with E-state index in [1.165, 1.54) is 6.07 Å². The molecule has 0 radical (unpaired) electrons. The number of aryl methyl sites for hydroxylation is 1. The number of carbonyl (C=O) groups is 1. The molecule has 0 aromatic heterocycles. The molecule has 1 aliphatic heterocycles. The molecule has 0 atom stereocenters. The van der Waals surface area contributed by atoms with Crippen LogP contribution in [0.3, 0.4) is 0 Å². The van der Waals surface area contributed by atoms with E-state index in [0.29, 0.717) is 5.56 Å². The number of nitrogens with zero attached hydrogens (tertiary/aromatic N) is 2. The van der Waals surface area contributed by atoms with Gasteiger partial charge in [0.15, 0.2) is 6.54 Å². The molecule has 1 aliphatic rings. The van der Waals surface area contributed by atoms with Crippen molar-refractivity contribution in [2.45, 2.75) is 6.92 Å². The number of ether oxygens (including phenoxy) is 1. The Kier molecular flexibility index (Phi) is 6.10. The molecule has 0 saturated carbocycles. The van der Waals surface area contributed by atoms with Gasteiger partial charge in [-0.3, -0.25) is 14.9 Å². The normalized spacial score (nSPS) is 14.6. The summed E-state index contributed by atoms with van der Waals surface area (Å²) in [5.74, 6) is 0.633. The lowest BCUT2D eigenvalue weighted by Gasteiger charge is -2.34. The first-order valence-electron chi connectivity index (χ1n) is 9.25. The van der Waals surface area contributed by atoms with E-state index in [1.54, 1.807) is 26.2 Å². The number of methoxy groups -OCH3 is 1. The number of amides is 1. The fraction of sp³-hybridized carbons (Fsp3) is 0.350. The SMILES string of the molecule is COc1ccccc1N1CC[NH+](CC(=O)Nc2c(C)cccc2[N+](=O)[O-])CC1. The highest BCUT2D eigenvalue weighted by Gasteiger charge is 2.25. The molecule has 1 amide bonds. The smallest absolute Gasteiger partial charge is 0.293 e. The average molecular weight is 385 g/mol. The topological polar surface area (TPSA) is 89.2 Å². The molecule has 2 aromatic rings. The van der Waals surface area contributed by atoms with Gasteiger partial charge in [0, 0.05) is 6.07 Å². The first-order valence-corrected chi connectivity index (χ1v) is 9.25. The van der Waals surface area contributed by atoms with Gasteiger partial charge in [-0.25, -0.2) is 0 Å². The van der Waals surface area contributed by atoms with Crippen LogP contribution >= 0.6 is 0 Å². The van der Waals surface area contributed by atoms with Gasteiger partial charge in [-0.15, -0.1) is 0 Å². The highest BCUT2D eigenvalue weighted by Crippen LogP contribution is 2.28. The second-order valence-corrected chi connectivity index (χ2v) is 6.86. The zero-order chi connectivity index (χ0) is 20.1. The molecule has 8 heteroatoms. The lowest BCUT2D eigenvalue weighted by atomic mass is 10.1. The Morgan fingerprint density at radius 1 is 1.21 bits per heavy atom. The number of hydrogen-bond donors (Lipinski definition) is 2. The number of nitrogens with one attached hydrogen (secondary N) is 2. The Morgan fingerprint density at radius 3 is 2.61 bits per heavy atom. The fourth-order valence-corrected chi connectivity index (χ4v) is 3.51. The van der Waals surface area contributed by atoms with Crippen LogP contribution in [0.15, 0.2) is 42.5 Å². The second kappa shape index (κ2) is 8.71. The van der Waals surface area contributed by atoms with E-state index in [1.807, 2.05) is 24.3 Å². The number of nitro benzene ring substituents is 1. The molecule has 8 nitrogen and oxygen atoms in total. The maximum absolute atomic E-state index is 12.5. The lowest BCUT2D eigenvalue weighted by Crippen LogP contribution is -3.15. The van der Waals surface area contributed by atoms with Gasteiger partial charge in [-0.1, -0.05) is 24.3 Å². The lowest BCUT2D eigenvalue weighted by molar-refractivity contribution is -0.892. The van der Waals surface area contributed by atoms with E-state index in [4.69, 9.17) is 4.74 Å². The summed E-state index contributed by atoms with van der Waals surface area (Å²) >= 11 is 0. The molecule has 0 aliphatic carbocycles. The maximum Gasteiger partial charge on any atom is 0.293 e. The number of para-hydroxylation sites is 3. The first-order chi connectivity index (χ1) is 13.5. The monoisotopic (exact) mass is 385 g/mol. The number of nitro groups is 1. The van der Waals surface area contributed by atoms with Crippen LogP contribution in [-0.4, -0.2) is 50.7 Å². The molecule has 3 rings (SSSR count). The number of carbonyl (C=O) groups excluding carboxylic acids is 1. The Hall–Kier alpha value is -3.13. The number of hydrogen-bond acceptors (Lipinski definition) is 5. The molecule has 0 unspecified atom stereocenters. The quantitative estimate of drug-likeness (QED) is 0.577. The highest BCUT2D eigenvalue weighted by molar-refractivity contribution is 5.94. The molecular formula is C20H25N4O4+. The largest absolute Gasteiger partial charge is 0.495 e. The number of piperazine rings is 1. The van der Waals surface area contributed by atoms with Gasteiger partial charge in [-0.2, -0.15) is 0 Å². The standard InChI is InChI=1S/C20H24N4O4/c1-15-6-5-8-17(24(26)27)20(15)21-19(25)14-22-10-12-23(13-11-22)16-7-3-4-9-18(16)28-2/h3-9H,10-14H2,1-2H3,(H,21,25)/p+1. The van der Waals surface area contributed by atoms with Crippen molar-refractivity contribution in [1.82, 2.24) is 0 Å². The van der Waals surface area contributed by atoms with Crippen LogP contribution in [0, 0.1) is 17.0 Å². The Bertz CT molecular complexity index is 863. The predicted octanol–water partition coefficient (Wildman–Crippen LogP) is 1.26. The molecule has 0 spiro atoms. The van der Waals surface area contributed by atoms with Crippen LogP contribution in [-0.2, 0) is 4.79 Å². The molecule has 2 aromatic carbocycles. The van der Waals surface area contributed by atoms with Crippen molar-refractivity contribution in [3.63, 3.8) is 0 Å². The van der Waals surface area contributed by atoms with Crippen molar-refractivity contribution in [3.8, 4) is 5.75 Å². The third-order valence-corrected chi connectivity index (χ3v) is 5.02. The fourth-order valence-electron chi connectivity index (χ4n) is 3.51. The molecule has 2 N–H and O–H groups in total. The van der Waals surface area contributed by atoms with Gasteiger partial charge in [0.2, 0.25) is 0 Å². The Balaban J connectivity index is 1.58. The molecule has 28 heavy (non-hydrogen) atoms. The van der Waals surface area contributed by atoms with Crippen LogP contribution in [0.5, 0.6) is 5.75 Å². The first kappa shape index (κ1) is 19.6. The maximum atomic E-state index is 12.5. The number of anilines is 2. The van der Waals surface area contributed by atoms with Gasteiger partial charge < -0.3 is 19.9 Å². The minimum atomic E-state index is -0.471. The van der Waals surface area contributed by atoms with Crippen molar-refractivity contribution in [1.29, 1.82) is 0 Å². The van der Waals surface area contributed by atoms with Crippen LogP contribution < -0.4 is 19.9 Å². The molecule has 0 bridgehead atoms. The molecular weight excluding hydrogens is 360 g/mol. The van der Waals surface area contributed by atoms with Crippen molar-refractivity contribution >= 4 is 23.0 Å². The molecule has 1 heterocycles. The van der Waals surface area contributed by atoms with Crippen molar-refractivity contribution in [3.05, 3.63) is 58.1 Å². The summed E-state index contributed by atoms with van der Waals surface area (Å²) < 4.78 is 5.43. The van der Waals surface area contributed by atoms with E-state index in [2.05, 4.69) is 10.2 Å². The van der Waals surface area contributed by atoms with Crippen LogP contribution in [0.1, 0.15) is 5.56 Å². The van der Waals surface area contributed by atoms with Crippen LogP contribution in [0.25, 0.3) is 0 Å². The Morgan fingerprint density at radius 2 is 1.93 bits per heavy atom. The Labute approximate surface area is 163 Å². The van der Waals surface area contributed by atoms with Crippen LogP contribution in [0.4, 0.5) is 17.1 Å². The van der Waals surface area contributed by atoms with E-state index >= 15 is 0 Å². The molecule has 1 fully saturated rings. The van der Waals surface area contributed by atoms with Crippen molar-refractivity contribution in [2.75, 3.05) is 50.1 Å². The van der Waals surface area contributed by atoms with E-state index in [9.17, 15) is 14.9 Å². The van der Waals surface area contributed by atoms with Crippen LogP contribution in [0.2, 0.25) is 0 Å². The van der Waals surface area contributed by atoms with E-state index in [0.717, 1.165) is 42.5 Å². The third kappa shape index (κ3) is 4.40. The highest BCUT2D eigenvalue weighted by atomic mass is 16.6. The summed E-state index contributed by atoms with van der Waals surface area (Å²) in [6.07, 6.45) is 0. The third-order valence-electron chi connectivity index (χ3n) is 5.02. The summed E-state index contributed by atoms with van der Waals surface area (Å²) in [4.78, 5) is 26.6. The minimum absolute atomic E-state index is 0.0793. The minimum Gasteiger partial charge on any atom is -0.495 e. The van der Waals surface area contributed by atoms with Gasteiger partial charge in [-0.05, 0) is 24.6 Å². The van der Waals surface area contributed by atoms with Gasteiger partial charge >= 0.3 is 0 Å². The van der Waals surface area contributed by atoms with Crippen molar-refractivity contribution in [2.24, 2.45) is 0 Å². The summed E-state index contributed by atoms with van der Waals surface area (Å²) in [6.45, 7) is 5.27. The second-order valence-electron chi connectivity index (χ2n) is 6.86. The average Bonchev–Trinajstić information content (AvgIpc) is 2.70. The zero-order valence-corrected chi connectivity index (χ0v) is 16.1. The summed E-state index contributed by atoms with van der Waals surface area (Å²) in [6, 6.07) is 12.7. The predicted molar refractivity (Wildman–Crippen MR) is 107 cm³/mol. The zero-order valence-electron chi connectivity index (χ0n) is 16.1. The van der Waals surface area contributed by atoms with E-state index in [-0.39, 0.29) is 23.8 Å².